The number of rotatable bonds is 10. The first kappa shape index (κ1) is 23.8. The van der Waals surface area contributed by atoms with Crippen LogP contribution in [-0.4, -0.2) is 73.6 Å². The van der Waals surface area contributed by atoms with Gasteiger partial charge in [0.2, 0.25) is 0 Å². The smallest absolute Gasteiger partial charge is 0.161 e. The van der Waals surface area contributed by atoms with Crippen LogP contribution in [-0.2, 0) is 6.54 Å². The van der Waals surface area contributed by atoms with Gasteiger partial charge in [-0.1, -0.05) is 19.1 Å². The van der Waals surface area contributed by atoms with Gasteiger partial charge in [-0.25, -0.2) is 4.98 Å². The number of nitrogens with one attached hydrogen (secondary N) is 1. The molecule has 2 aromatic rings. The lowest BCUT2D eigenvalue weighted by molar-refractivity contribution is 0.0626. The summed E-state index contributed by atoms with van der Waals surface area (Å²) in [7, 11) is 1.68. The molecule has 180 valence electrons. The standard InChI is InChI=1S/C26H38N4O3/c1-21-8-12-29(13-9-21)15-16-33-23-7-6-22(17-24(23)32-2)18-27-19-26(31)10-14-30(20-26)25-5-3-4-11-28-25/h3-7,11,17,21,27,31H,8-10,12-16,18-20H2,1-2H3/t26-/m1/s1. The maximum atomic E-state index is 11.0. The van der Waals surface area contributed by atoms with Crippen LogP contribution in [0, 0.1) is 5.92 Å². The van der Waals surface area contributed by atoms with E-state index in [9.17, 15) is 5.11 Å². The van der Waals surface area contributed by atoms with Crippen molar-refractivity contribution in [2.45, 2.75) is 38.3 Å². The molecule has 2 N–H and O–H groups in total. The predicted molar refractivity (Wildman–Crippen MR) is 131 cm³/mol. The number of pyridine rings is 1. The van der Waals surface area contributed by atoms with E-state index in [0.29, 0.717) is 26.2 Å². The number of likely N-dealkylation sites (tertiary alicyclic amines) is 1. The third-order valence-corrected chi connectivity index (χ3v) is 6.86. The van der Waals surface area contributed by atoms with Gasteiger partial charge < -0.3 is 24.8 Å². The summed E-state index contributed by atoms with van der Waals surface area (Å²) < 4.78 is 11.6. The fourth-order valence-corrected chi connectivity index (χ4v) is 4.69. The lowest BCUT2D eigenvalue weighted by atomic mass is 9.99. The zero-order chi connectivity index (χ0) is 23.1. The van der Waals surface area contributed by atoms with Crippen LogP contribution < -0.4 is 19.7 Å². The highest BCUT2D eigenvalue weighted by Gasteiger charge is 2.36. The number of hydrogen-bond acceptors (Lipinski definition) is 7. The quantitative estimate of drug-likeness (QED) is 0.572. The van der Waals surface area contributed by atoms with Gasteiger partial charge in [-0.3, -0.25) is 4.90 Å². The Morgan fingerprint density at radius 2 is 2.00 bits per heavy atom. The second-order valence-corrected chi connectivity index (χ2v) is 9.55. The van der Waals surface area contributed by atoms with Crippen LogP contribution in [0.15, 0.2) is 42.6 Å². The van der Waals surface area contributed by atoms with E-state index < -0.39 is 5.60 Å². The van der Waals surface area contributed by atoms with E-state index in [1.54, 1.807) is 13.3 Å². The second-order valence-electron chi connectivity index (χ2n) is 9.55. The molecule has 1 aromatic heterocycles. The van der Waals surface area contributed by atoms with Crippen LogP contribution in [0.4, 0.5) is 5.82 Å². The maximum Gasteiger partial charge on any atom is 0.161 e. The normalized spacial score (nSPS) is 22.0. The summed E-state index contributed by atoms with van der Waals surface area (Å²) in [5, 5.41) is 14.4. The number of nitrogens with zero attached hydrogens (tertiary/aromatic N) is 3. The van der Waals surface area contributed by atoms with Crippen molar-refractivity contribution in [1.82, 2.24) is 15.2 Å². The second kappa shape index (κ2) is 11.2. The number of methoxy groups -OCH3 is 1. The van der Waals surface area contributed by atoms with Crippen molar-refractivity contribution in [1.29, 1.82) is 0 Å². The average molecular weight is 455 g/mol. The minimum absolute atomic E-state index is 0.533. The van der Waals surface area contributed by atoms with Gasteiger partial charge in [0.1, 0.15) is 12.4 Å². The van der Waals surface area contributed by atoms with Crippen LogP contribution in [0.3, 0.4) is 0 Å². The summed E-state index contributed by atoms with van der Waals surface area (Å²) in [5.41, 5.74) is 0.351. The molecule has 0 aliphatic carbocycles. The molecular formula is C26H38N4O3. The molecule has 7 heteroatoms. The number of anilines is 1. The first-order valence-electron chi connectivity index (χ1n) is 12.2. The molecule has 7 nitrogen and oxygen atoms in total. The largest absolute Gasteiger partial charge is 0.493 e. The van der Waals surface area contributed by atoms with E-state index in [1.165, 1.54) is 12.8 Å². The molecule has 2 aliphatic rings. The van der Waals surface area contributed by atoms with Gasteiger partial charge >= 0.3 is 0 Å². The molecule has 1 atom stereocenters. The Morgan fingerprint density at radius 3 is 2.76 bits per heavy atom. The maximum absolute atomic E-state index is 11.0. The minimum atomic E-state index is -0.753. The van der Waals surface area contributed by atoms with Gasteiger partial charge in [-0.15, -0.1) is 0 Å². The Hall–Kier alpha value is -2.35. The highest BCUT2D eigenvalue weighted by Crippen LogP contribution is 2.29. The molecular weight excluding hydrogens is 416 g/mol. The number of β-amino-alcohol motifs (C(OH)–C–C–N with tert-alkyl or cyclic N) is 1. The molecule has 4 rings (SSSR count). The van der Waals surface area contributed by atoms with E-state index in [2.05, 4.69) is 33.1 Å². The molecule has 2 fully saturated rings. The number of benzene rings is 1. The Kier molecular flexibility index (Phi) is 8.06. The van der Waals surface area contributed by atoms with Crippen LogP contribution in [0.5, 0.6) is 11.5 Å². The van der Waals surface area contributed by atoms with Crippen molar-refractivity contribution in [3.63, 3.8) is 0 Å². The number of piperidine rings is 1. The third kappa shape index (κ3) is 6.59. The fourth-order valence-electron chi connectivity index (χ4n) is 4.69. The molecule has 0 saturated carbocycles. The highest BCUT2D eigenvalue weighted by atomic mass is 16.5. The van der Waals surface area contributed by atoms with Crippen molar-refractivity contribution in [2.24, 2.45) is 5.92 Å². The molecule has 0 unspecified atom stereocenters. The van der Waals surface area contributed by atoms with E-state index in [0.717, 1.165) is 61.4 Å². The van der Waals surface area contributed by atoms with Gasteiger partial charge in [0.25, 0.3) is 0 Å². The summed E-state index contributed by atoms with van der Waals surface area (Å²) in [6.07, 6.45) is 5.07. The predicted octanol–water partition coefficient (Wildman–Crippen LogP) is 2.93. The Bertz CT molecular complexity index is 873. The molecule has 3 heterocycles. The molecule has 2 aliphatic heterocycles. The SMILES string of the molecule is COc1cc(CNC[C@]2(O)CCN(c3ccccn3)C2)ccc1OCCN1CCC(C)CC1. The van der Waals surface area contributed by atoms with Crippen molar-refractivity contribution < 1.29 is 14.6 Å². The summed E-state index contributed by atoms with van der Waals surface area (Å²) in [5.74, 6) is 3.30. The summed E-state index contributed by atoms with van der Waals surface area (Å²) in [4.78, 5) is 9.02. The third-order valence-electron chi connectivity index (χ3n) is 6.86. The van der Waals surface area contributed by atoms with Crippen LogP contribution >= 0.6 is 0 Å². The number of hydrogen-bond donors (Lipinski definition) is 2. The van der Waals surface area contributed by atoms with Gasteiger partial charge in [-0.05, 0) is 68.1 Å². The summed E-state index contributed by atoms with van der Waals surface area (Å²) in [6, 6.07) is 11.9. The van der Waals surface area contributed by atoms with Gasteiger partial charge in [0.05, 0.1) is 12.7 Å². The Labute approximate surface area is 197 Å². The summed E-state index contributed by atoms with van der Waals surface area (Å²) >= 11 is 0. The molecule has 0 bridgehead atoms. The average Bonchev–Trinajstić information content (AvgIpc) is 3.23. The first-order valence-corrected chi connectivity index (χ1v) is 12.2. The molecule has 0 radical (unpaired) electrons. The number of aromatic nitrogens is 1. The van der Waals surface area contributed by atoms with Crippen molar-refractivity contribution in [3.05, 3.63) is 48.2 Å². The van der Waals surface area contributed by atoms with Gasteiger partial charge in [-0.2, -0.15) is 0 Å². The van der Waals surface area contributed by atoms with Crippen LogP contribution in [0.2, 0.25) is 0 Å². The molecule has 33 heavy (non-hydrogen) atoms. The van der Waals surface area contributed by atoms with E-state index >= 15 is 0 Å². The van der Waals surface area contributed by atoms with Crippen LogP contribution in [0.1, 0.15) is 31.7 Å². The lowest BCUT2D eigenvalue weighted by Crippen LogP contribution is -2.43. The summed E-state index contributed by atoms with van der Waals surface area (Å²) in [6.45, 7) is 8.88. The topological polar surface area (TPSA) is 70.1 Å². The van der Waals surface area contributed by atoms with E-state index in [1.807, 2.05) is 30.3 Å². The van der Waals surface area contributed by atoms with Gasteiger partial charge in [0.15, 0.2) is 11.5 Å². The number of ether oxygens (including phenoxy) is 2. The molecule has 1 aromatic carbocycles. The Balaban J connectivity index is 1.22. The van der Waals surface area contributed by atoms with Crippen molar-refractivity contribution in [2.75, 3.05) is 57.9 Å². The van der Waals surface area contributed by atoms with Crippen LogP contribution in [0.25, 0.3) is 0 Å². The van der Waals surface area contributed by atoms with Crippen molar-refractivity contribution in [3.8, 4) is 11.5 Å². The zero-order valence-corrected chi connectivity index (χ0v) is 20.0. The minimum Gasteiger partial charge on any atom is -0.493 e. The van der Waals surface area contributed by atoms with E-state index in [4.69, 9.17) is 9.47 Å². The monoisotopic (exact) mass is 454 g/mol. The Morgan fingerprint density at radius 1 is 1.15 bits per heavy atom. The van der Waals surface area contributed by atoms with Crippen molar-refractivity contribution >= 4 is 5.82 Å². The number of aliphatic hydroxyl groups is 1. The zero-order valence-electron chi connectivity index (χ0n) is 20.0. The van der Waals surface area contributed by atoms with E-state index in [-0.39, 0.29) is 0 Å². The lowest BCUT2D eigenvalue weighted by Gasteiger charge is -2.30. The highest BCUT2D eigenvalue weighted by molar-refractivity contribution is 5.43. The van der Waals surface area contributed by atoms with Gasteiger partial charge in [0, 0.05) is 38.9 Å². The molecule has 2 saturated heterocycles. The fraction of sp³-hybridized carbons (Fsp3) is 0.577. The first-order chi connectivity index (χ1) is 16.0. The molecule has 0 spiro atoms. The molecule has 0 amide bonds.